The van der Waals surface area contributed by atoms with Crippen LogP contribution in [0.25, 0.3) is 5.70 Å². The number of piperazine rings is 1. The van der Waals surface area contributed by atoms with Gasteiger partial charge in [0.05, 0.1) is 12.6 Å². The molecule has 0 aliphatic carbocycles. The molecule has 0 bridgehead atoms. The molecule has 1 saturated heterocycles. The molecule has 222 valence electrons. The molecule has 0 amide bonds. The molecule has 0 spiro atoms. The van der Waals surface area contributed by atoms with E-state index in [9.17, 15) is 4.39 Å². The zero-order valence-electron chi connectivity index (χ0n) is 25.9. The highest BCUT2D eigenvalue weighted by Gasteiger charge is 2.33. The van der Waals surface area contributed by atoms with Crippen molar-refractivity contribution >= 4 is 23.1 Å². The summed E-state index contributed by atoms with van der Waals surface area (Å²) in [5.41, 5.74) is 7.94. The van der Waals surface area contributed by atoms with Crippen molar-refractivity contribution in [3.63, 3.8) is 0 Å². The fourth-order valence-corrected chi connectivity index (χ4v) is 6.48. The van der Waals surface area contributed by atoms with E-state index in [0.29, 0.717) is 29.4 Å². The van der Waals surface area contributed by atoms with Gasteiger partial charge in [-0.05, 0) is 73.9 Å². The molecule has 2 unspecified atom stereocenters. The summed E-state index contributed by atoms with van der Waals surface area (Å²) in [5.74, 6) is 1.91. The van der Waals surface area contributed by atoms with Gasteiger partial charge in [0.1, 0.15) is 5.82 Å². The van der Waals surface area contributed by atoms with Gasteiger partial charge >= 0.3 is 0 Å². The van der Waals surface area contributed by atoms with Gasteiger partial charge in [-0.1, -0.05) is 51.6 Å². The molecule has 6 nitrogen and oxygen atoms in total. The van der Waals surface area contributed by atoms with Crippen molar-refractivity contribution < 1.29 is 4.39 Å². The normalized spacial score (nSPS) is 18.9. The Hall–Kier alpha value is -3.87. The number of amidine groups is 2. The van der Waals surface area contributed by atoms with Crippen LogP contribution < -0.4 is 5.32 Å². The average Bonchev–Trinajstić information content (AvgIpc) is 3.43. The van der Waals surface area contributed by atoms with Gasteiger partial charge < -0.3 is 20.0 Å². The molecule has 1 N–H and O–H groups in total. The molecule has 2 atom stereocenters. The topological polar surface area (TPSA) is 46.5 Å². The van der Waals surface area contributed by atoms with Crippen LogP contribution in [0.2, 0.25) is 0 Å². The van der Waals surface area contributed by atoms with Crippen molar-refractivity contribution in [1.82, 2.24) is 14.7 Å². The maximum absolute atomic E-state index is 14.7. The Balaban J connectivity index is 1.22. The first-order valence-electron chi connectivity index (χ1n) is 15.3. The summed E-state index contributed by atoms with van der Waals surface area (Å²) < 4.78 is 14.7. The standard InChI is InChI=1S/C35H45FN6/c1-8-10-28(9-2)26(6)40-17-19-41(20-18-40)27(7)30-14-12-29(21-24(30)4)39-34-35-38-22-32(42(35)16-15-37-34)31-13-11-23(3)33(36)25(31)5/h11-16,21,28,32H,6-10,17-20,22H2,1-5H3,(H,37,39). The van der Waals surface area contributed by atoms with Gasteiger partial charge in [0.2, 0.25) is 0 Å². The van der Waals surface area contributed by atoms with Crippen LogP contribution in [0.4, 0.5) is 10.1 Å². The summed E-state index contributed by atoms with van der Waals surface area (Å²) in [6, 6.07) is 10.2. The third kappa shape index (κ3) is 5.74. The van der Waals surface area contributed by atoms with E-state index in [0.717, 1.165) is 66.5 Å². The van der Waals surface area contributed by atoms with Gasteiger partial charge in [0.15, 0.2) is 11.7 Å². The fraction of sp³-hybridized carbons (Fsp3) is 0.429. The zero-order valence-corrected chi connectivity index (χ0v) is 25.9. The fourth-order valence-electron chi connectivity index (χ4n) is 6.48. The summed E-state index contributed by atoms with van der Waals surface area (Å²) >= 11 is 0. The highest BCUT2D eigenvalue weighted by atomic mass is 19.1. The van der Waals surface area contributed by atoms with Crippen molar-refractivity contribution in [2.45, 2.75) is 59.9 Å². The van der Waals surface area contributed by atoms with E-state index in [2.05, 4.69) is 77.1 Å². The summed E-state index contributed by atoms with van der Waals surface area (Å²) in [6.45, 7) is 23.7. The highest BCUT2D eigenvalue weighted by Crippen LogP contribution is 2.33. The van der Waals surface area contributed by atoms with E-state index in [-0.39, 0.29) is 11.9 Å². The Labute approximate surface area is 251 Å². The summed E-state index contributed by atoms with van der Waals surface area (Å²) in [5, 5.41) is 3.48. The van der Waals surface area contributed by atoms with Crippen LogP contribution in [0.5, 0.6) is 0 Å². The first-order chi connectivity index (χ1) is 20.2. The van der Waals surface area contributed by atoms with Crippen LogP contribution in [0, 0.1) is 32.5 Å². The third-order valence-corrected chi connectivity index (χ3v) is 9.09. The lowest BCUT2D eigenvalue weighted by molar-refractivity contribution is 0.194. The number of nitrogens with one attached hydrogen (secondary N) is 1. The van der Waals surface area contributed by atoms with Crippen LogP contribution in [0.3, 0.4) is 0 Å². The number of hydrogen-bond donors (Lipinski definition) is 1. The summed E-state index contributed by atoms with van der Waals surface area (Å²) in [4.78, 5) is 16.4. The Kier molecular flexibility index (Phi) is 8.85. The first-order valence-corrected chi connectivity index (χ1v) is 15.3. The molecule has 0 radical (unpaired) electrons. The second kappa shape index (κ2) is 12.6. The second-order valence-corrected chi connectivity index (χ2v) is 11.7. The van der Waals surface area contributed by atoms with E-state index in [4.69, 9.17) is 4.99 Å². The Morgan fingerprint density at radius 1 is 1.02 bits per heavy atom. The van der Waals surface area contributed by atoms with Crippen molar-refractivity contribution in [3.05, 3.63) is 95.2 Å². The minimum atomic E-state index is -0.143. The maximum atomic E-state index is 14.7. The van der Waals surface area contributed by atoms with E-state index >= 15 is 0 Å². The van der Waals surface area contributed by atoms with Gasteiger partial charge in [0, 0.05) is 61.2 Å². The number of halogens is 1. The number of benzene rings is 2. The van der Waals surface area contributed by atoms with Crippen molar-refractivity contribution in [2.24, 2.45) is 15.9 Å². The predicted molar refractivity (Wildman–Crippen MR) is 174 cm³/mol. The minimum Gasteiger partial charge on any atom is -0.372 e. The Morgan fingerprint density at radius 2 is 1.76 bits per heavy atom. The van der Waals surface area contributed by atoms with Crippen LogP contribution in [0.15, 0.2) is 71.6 Å². The van der Waals surface area contributed by atoms with Crippen molar-refractivity contribution in [2.75, 3.05) is 38.0 Å². The second-order valence-electron chi connectivity index (χ2n) is 11.7. The molecule has 7 heteroatoms. The Bertz CT molecular complexity index is 1450. The van der Waals surface area contributed by atoms with E-state index in [1.165, 1.54) is 18.5 Å². The maximum Gasteiger partial charge on any atom is 0.173 e. The molecule has 2 aromatic carbocycles. The van der Waals surface area contributed by atoms with Gasteiger partial charge in [-0.3, -0.25) is 4.99 Å². The van der Waals surface area contributed by atoms with Gasteiger partial charge in [0.25, 0.3) is 0 Å². The molecule has 42 heavy (non-hydrogen) atoms. The number of anilines is 1. The largest absolute Gasteiger partial charge is 0.372 e. The molecule has 2 aromatic rings. The Morgan fingerprint density at radius 3 is 2.45 bits per heavy atom. The molecule has 5 rings (SSSR count). The smallest absolute Gasteiger partial charge is 0.173 e. The number of nitrogens with zero attached hydrogens (tertiary/aromatic N) is 5. The molecule has 1 fully saturated rings. The third-order valence-electron chi connectivity index (χ3n) is 9.09. The number of aryl methyl sites for hydroxylation is 2. The average molecular weight is 569 g/mol. The van der Waals surface area contributed by atoms with E-state index < -0.39 is 0 Å². The van der Waals surface area contributed by atoms with Crippen molar-refractivity contribution in [1.29, 1.82) is 0 Å². The van der Waals surface area contributed by atoms with E-state index in [1.807, 2.05) is 25.3 Å². The lowest BCUT2D eigenvalue weighted by Gasteiger charge is -2.41. The van der Waals surface area contributed by atoms with Crippen LogP contribution in [0.1, 0.15) is 67.0 Å². The lowest BCUT2D eigenvalue weighted by atomic mass is 9.96. The molecule has 3 aliphatic heterocycles. The number of allylic oxidation sites excluding steroid dienone is 1. The quantitative estimate of drug-likeness (QED) is 0.342. The van der Waals surface area contributed by atoms with Crippen molar-refractivity contribution in [3.8, 4) is 0 Å². The van der Waals surface area contributed by atoms with Gasteiger partial charge in [-0.25, -0.2) is 9.38 Å². The van der Waals surface area contributed by atoms with Crippen LogP contribution in [-0.2, 0) is 0 Å². The van der Waals surface area contributed by atoms with Crippen LogP contribution in [-0.4, -0.2) is 59.1 Å². The SMILES string of the molecule is C=C(c1ccc(NC2=NC=CN3C2=NCC3c2ccc(C)c(F)c2C)cc1C)N1CCN(C(=C)C(CC)CCC)CC1. The number of fused-ring (bicyclic) bond motifs is 1. The highest BCUT2D eigenvalue weighted by molar-refractivity contribution is 6.45. The molecule has 3 heterocycles. The summed E-state index contributed by atoms with van der Waals surface area (Å²) in [6.07, 6.45) is 7.27. The molecular formula is C35H45FN6. The number of aliphatic imine (C=N–C) groups is 2. The molecule has 3 aliphatic rings. The summed E-state index contributed by atoms with van der Waals surface area (Å²) in [7, 11) is 0. The first kappa shape index (κ1) is 29.6. The molecule has 0 saturated carbocycles. The lowest BCUT2D eigenvalue weighted by Crippen LogP contribution is -2.45. The number of rotatable bonds is 9. The number of hydrogen-bond acceptors (Lipinski definition) is 6. The molecular weight excluding hydrogens is 523 g/mol. The molecule has 0 aromatic heterocycles. The predicted octanol–water partition coefficient (Wildman–Crippen LogP) is 7.43. The van der Waals surface area contributed by atoms with E-state index in [1.54, 1.807) is 13.1 Å². The van der Waals surface area contributed by atoms with Gasteiger partial charge in [-0.2, -0.15) is 0 Å². The van der Waals surface area contributed by atoms with Crippen LogP contribution >= 0.6 is 0 Å². The minimum absolute atomic E-state index is 0.0526. The monoisotopic (exact) mass is 568 g/mol. The zero-order chi connectivity index (χ0) is 30.0. The van der Waals surface area contributed by atoms with Gasteiger partial charge in [-0.15, -0.1) is 0 Å².